The monoisotopic (exact) mass is 252 g/mol. The summed E-state index contributed by atoms with van der Waals surface area (Å²) in [6.45, 7) is 7.24. The molecule has 0 aliphatic carbocycles. The molecule has 0 aromatic carbocycles. The lowest BCUT2D eigenvalue weighted by atomic mass is 10.3. The molecule has 1 aromatic rings. The first-order valence-corrected chi connectivity index (χ1v) is 6.64. The van der Waals surface area contributed by atoms with Crippen molar-refractivity contribution in [3.8, 4) is 0 Å². The summed E-state index contributed by atoms with van der Waals surface area (Å²) in [5.74, 6) is 0.230. The molecule has 0 radical (unpaired) electrons. The summed E-state index contributed by atoms with van der Waals surface area (Å²) in [7, 11) is 1.94. The lowest BCUT2D eigenvalue weighted by Gasteiger charge is -2.18. The predicted octanol–water partition coefficient (Wildman–Crippen LogP) is 0.811. The molecule has 0 saturated heterocycles. The largest absolute Gasteiger partial charge is 0.343 e. The molecule has 1 amide bonds. The molecule has 0 fully saturated rings. The van der Waals surface area contributed by atoms with Crippen molar-refractivity contribution in [2.24, 2.45) is 7.05 Å². The first-order chi connectivity index (χ1) is 8.69. The third-order valence-corrected chi connectivity index (χ3v) is 3.11. The van der Waals surface area contributed by atoms with Gasteiger partial charge >= 0.3 is 0 Å². The number of carbonyl (C=O) groups is 1. The maximum atomic E-state index is 11.7. The SMILES string of the molecule is CCN(CC)C(=O)CCNCCc1ccnn1C. The fraction of sp³-hybridized carbons (Fsp3) is 0.692. The summed E-state index contributed by atoms with van der Waals surface area (Å²) in [6, 6.07) is 2.02. The third-order valence-electron chi connectivity index (χ3n) is 3.11. The lowest BCUT2D eigenvalue weighted by molar-refractivity contribution is -0.130. The lowest BCUT2D eigenvalue weighted by Crippen LogP contribution is -2.33. The number of nitrogens with one attached hydrogen (secondary N) is 1. The number of hydrogen-bond acceptors (Lipinski definition) is 3. The van der Waals surface area contributed by atoms with Crippen LogP contribution in [0.5, 0.6) is 0 Å². The van der Waals surface area contributed by atoms with E-state index in [1.54, 1.807) is 6.20 Å². The average molecular weight is 252 g/mol. The standard InChI is InChI=1S/C13H24N4O/c1-4-17(5-2)13(18)8-10-14-9-6-12-7-11-15-16(12)3/h7,11,14H,4-6,8-10H2,1-3H3. The fourth-order valence-electron chi connectivity index (χ4n) is 1.92. The van der Waals surface area contributed by atoms with E-state index in [2.05, 4.69) is 10.4 Å². The van der Waals surface area contributed by atoms with Gasteiger partial charge in [-0.2, -0.15) is 5.10 Å². The first-order valence-electron chi connectivity index (χ1n) is 6.64. The summed E-state index contributed by atoms with van der Waals surface area (Å²) < 4.78 is 1.88. The number of amides is 1. The Bertz CT molecular complexity index is 358. The number of carbonyl (C=O) groups excluding carboxylic acids is 1. The summed E-state index contributed by atoms with van der Waals surface area (Å²) in [5.41, 5.74) is 1.21. The molecule has 1 N–H and O–H groups in total. The van der Waals surface area contributed by atoms with Crippen LogP contribution in [0.25, 0.3) is 0 Å². The van der Waals surface area contributed by atoms with Crippen LogP contribution in [-0.2, 0) is 18.3 Å². The summed E-state index contributed by atoms with van der Waals surface area (Å²) >= 11 is 0. The Labute approximate surface area is 109 Å². The normalized spacial score (nSPS) is 10.6. The Kier molecular flexibility index (Phi) is 6.43. The second kappa shape index (κ2) is 7.87. The average Bonchev–Trinajstić information content (AvgIpc) is 2.76. The maximum Gasteiger partial charge on any atom is 0.223 e. The van der Waals surface area contributed by atoms with Crippen molar-refractivity contribution in [3.05, 3.63) is 18.0 Å². The van der Waals surface area contributed by atoms with E-state index in [1.807, 2.05) is 36.5 Å². The van der Waals surface area contributed by atoms with Crippen molar-refractivity contribution in [2.45, 2.75) is 26.7 Å². The second-order valence-electron chi connectivity index (χ2n) is 4.26. The van der Waals surface area contributed by atoms with Gasteiger partial charge in [0.1, 0.15) is 0 Å². The number of rotatable bonds is 8. The van der Waals surface area contributed by atoms with Gasteiger partial charge in [0, 0.05) is 58.0 Å². The summed E-state index contributed by atoms with van der Waals surface area (Å²) in [5, 5.41) is 7.41. The zero-order valence-corrected chi connectivity index (χ0v) is 11.6. The van der Waals surface area contributed by atoms with Crippen molar-refractivity contribution in [1.82, 2.24) is 20.0 Å². The summed E-state index contributed by atoms with van der Waals surface area (Å²) in [6.07, 6.45) is 3.32. The molecule has 0 spiro atoms. The molecule has 0 saturated carbocycles. The topological polar surface area (TPSA) is 50.2 Å². The van der Waals surface area contributed by atoms with Gasteiger partial charge in [-0.05, 0) is 19.9 Å². The van der Waals surface area contributed by atoms with Gasteiger partial charge in [-0.25, -0.2) is 0 Å². The Morgan fingerprint density at radius 3 is 2.67 bits per heavy atom. The van der Waals surface area contributed by atoms with Gasteiger partial charge in [-0.1, -0.05) is 0 Å². The Morgan fingerprint density at radius 2 is 2.11 bits per heavy atom. The maximum absolute atomic E-state index is 11.7. The molecule has 102 valence electrons. The van der Waals surface area contributed by atoms with Crippen molar-refractivity contribution in [2.75, 3.05) is 26.2 Å². The number of nitrogens with zero attached hydrogens (tertiary/aromatic N) is 3. The second-order valence-corrected chi connectivity index (χ2v) is 4.26. The molecular weight excluding hydrogens is 228 g/mol. The van der Waals surface area contributed by atoms with Crippen LogP contribution in [0.15, 0.2) is 12.3 Å². The number of hydrogen-bond donors (Lipinski definition) is 1. The first kappa shape index (κ1) is 14.7. The fourth-order valence-corrected chi connectivity index (χ4v) is 1.92. The smallest absolute Gasteiger partial charge is 0.223 e. The van der Waals surface area contributed by atoms with Crippen molar-refractivity contribution in [3.63, 3.8) is 0 Å². The molecule has 1 heterocycles. The molecule has 0 unspecified atom stereocenters. The number of aromatic nitrogens is 2. The highest BCUT2D eigenvalue weighted by Crippen LogP contribution is 1.96. The van der Waals surface area contributed by atoms with Crippen LogP contribution >= 0.6 is 0 Å². The summed E-state index contributed by atoms with van der Waals surface area (Å²) in [4.78, 5) is 13.6. The molecule has 5 nitrogen and oxygen atoms in total. The van der Waals surface area contributed by atoms with Gasteiger partial charge in [-0.3, -0.25) is 9.48 Å². The van der Waals surface area contributed by atoms with E-state index < -0.39 is 0 Å². The van der Waals surface area contributed by atoms with E-state index in [4.69, 9.17) is 0 Å². The molecule has 5 heteroatoms. The highest BCUT2D eigenvalue weighted by atomic mass is 16.2. The Balaban J connectivity index is 2.12. The van der Waals surface area contributed by atoms with E-state index >= 15 is 0 Å². The van der Waals surface area contributed by atoms with E-state index in [9.17, 15) is 4.79 Å². The Hall–Kier alpha value is -1.36. The van der Waals surface area contributed by atoms with Gasteiger partial charge in [0.15, 0.2) is 0 Å². The van der Waals surface area contributed by atoms with Crippen molar-refractivity contribution in [1.29, 1.82) is 0 Å². The van der Waals surface area contributed by atoms with Crippen LogP contribution in [0.3, 0.4) is 0 Å². The van der Waals surface area contributed by atoms with Gasteiger partial charge in [0.05, 0.1) is 0 Å². The van der Waals surface area contributed by atoms with Gasteiger partial charge in [-0.15, -0.1) is 0 Å². The minimum atomic E-state index is 0.230. The van der Waals surface area contributed by atoms with Crippen LogP contribution in [0.1, 0.15) is 26.0 Å². The van der Waals surface area contributed by atoms with E-state index in [1.165, 1.54) is 5.69 Å². The van der Waals surface area contributed by atoms with Crippen LogP contribution < -0.4 is 5.32 Å². The zero-order chi connectivity index (χ0) is 13.4. The van der Waals surface area contributed by atoms with Gasteiger partial charge < -0.3 is 10.2 Å². The number of aryl methyl sites for hydroxylation is 1. The minimum absolute atomic E-state index is 0.230. The Morgan fingerprint density at radius 1 is 1.39 bits per heavy atom. The molecule has 0 bridgehead atoms. The molecular formula is C13H24N4O. The van der Waals surface area contributed by atoms with Crippen LogP contribution in [0.4, 0.5) is 0 Å². The van der Waals surface area contributed by atoms with Gasteiger partial charge in [0.25, 0.3) is 0 Å². The zero-order valence-electron chi connectivity index (χ0n) is 11.6. The molecule has 18 heavy (non-hydrogen) atoms. The van der Waals surface area contributed by atoms with Gasteiger partial charge in [0.2, 0.25) is 5.91 Å². The van der Waals surface area contributed by atoms with E-state index in [0.29, 0.717) is 6.42 Å². The van der Waals surface area contributed by atoms with Crippen LogP contribution in [-0.4, -0.2) is 46.8 Å². The molecule has 1 aromatic heterocycles. The van der Waals surface area contributed by atoms with Crippen molar-refractivity contribution >= 4 is 5.91 Å². The van der Waals surface area contributed by atoms with Crippen LogP contribution in [0, 0.1) is 0 Å². The minimum Gasteiger partial charge on any atom is -0.343 e. The predicted molar refractivity (Wildman–Crippen MR) is 72.3 cm³/mol. The van der Waals surface area contributed by atoms with Crippen molar-refractivity contribution < 1.29 is 4.79 Å². The highest BCUT2D eigenvalue weighted by molar-refractivity contribution is 5.76. The quantitative estimate of drug-likeness (QED) is 0.697. The molecule has 0 aliphatic rings. The third kappa shape index (κ3) is 4.49. The molecule has 1 rings (SSSR count). The molecule has 0 atom stereocenters. The van der Waals surface area contributed by atoms with E-state index in [-0.39, 0.29) is 5.91 Å². The van der Waals surface area contributed by atoms with Crippen LogP contribution in [0.2, 0.25) is 0 Å². The highest BCUT2D eigenvalue weighted by Gasteiger charge is 2.08. The molecule has 0 aliphatic heterocycles. The van der Waals surface area contributed by atoms with E-state index in [0.717, 1.165) is 32.6 Å².